The molecule has 0 heterocycles. The van der Waals surface area contributed by atoms with E-state index in [-0.39, 0.29) is 29.7 Å². The molecule has 2 N–H and O–H groups in total. The molecule has 9 heteroatoms. The zero-order valence-electron chi connectivity index (χ0n) is 14.0. The summed E-state index contributed by atoms with van der Waals surface area (Å²) < 4.78 is 35.3. The van der Waals surface area contributed by atoms with Crippen molar-refractivity contribution in [2.24, 2.45) is 4.99 Å². The predicted molar refractivity (Wildman–Crippen MR) is 106 cm³/mol. The van der Waals surface area contributed by atoms with Crippen molar-refractivity contribution in [1.82, 2.24) is 10.6 Å². The molecule has 0 bridgehead atoms. The van der Waals surface area contributed by atoms with E-state index in [4.69, 9.17) is 4.74 Å². The van der Waals surface area contributed by atoms with Crippen LogP contribution in [-0.2, 0) is 6.54 Å². The smallest absolute Gasteiger partial charge is 0.387 e. The fraction of sp³-hybridized carbons (Fsp3) is 0.533. The van der Waals surface area contributed by atoms with Gasteiger partial charge in [0.2, 0.25) is 0 Å². The average molecular weight is 475 g/mol. The molecule has 1 aromatic rings. The Balaban J connectivity index is 0.00000529. The molecular weight excluding hydrogens is 451 g/mol. The van der Waals surface area contributed by atoms with Gasteiger partial charge < -0.3 is 20.1 Å². The average Bonchev–Trinajstić information content (AvgIpc) is 2.53. The van der Waals surface area contributed by atoms with Crippen molar-refractivity contribution < 1.29 is 18.3 Å². The highest BCUT2D eigenvalue weighted by Crippen LogP contribution is 2.32. The molecule has 1 aromatic carbocycles. The second-order valence-electron chi connectivity index (χ2n) is 4.40. The Kier molecular flexibility index (Phi) is 12.8. The summed E-state index contributed by atoms with van der Waals surface area (Å²) in [6.07, 6.45) is 2.02. The molecule has 0 atom stereocenters. The molecule has 138 valence electrons. The first-order valence-corrected chi connectivity index (χ1v) is 8.64. The molecule has 0 aliphatic carbocycles. The van der Waals surface area contributed by atoms with Gasteiger partial charge in [-0.3, -0.25) is 4.99 Å². The fourth-order valence-corrected chi connectivity index (χ4v) is 2.17. The summed E-state index contributed by atoms with van der Waals surface area (Å²) in [6, 6.07) is 5.06. The minimum atomic E-state index is -2.91. The molecule has 0 saturated carbocycles. The number of ether oxygens (including phenoxy) is 2. The van der Waals surface area contributed by atoms with E-state index in [0.29, 0.717) is 30.4 Å². The van der Waals surface area contributed by atoms with Gasteiger partial charge >= 0.3 is 6.61 Å². The van der Waals surface area contributed by atoms with Gasteiger partial charge in [0.25, 0.3) is 0 Å². The Bertz CT molecular complexity index is 508. The number of hydrogen-bond acceptors (Lipinski definition) is 4. The van der Waals surface area contributed by atoms with Gasteiger partial charge in [-0.2, -0.15) is 20.5 Å². The Labute approximate surface area is 163 Å². The standard InChI is InChI=1S/C15H23F2N3O2S.HI/c1-4-21-12-7-5-6-11(13(12)22-14(16)17)10-20-15(18-2)19-8-9-23-3;/h5-7,14H,4,8-10H2,1-3H3,(H2,18,19,20);1H. The van der Waals surface area contributed by atoms with Crippen molar-refractivity contribution >= 4 is 41.7 Å². The Hall–Kier alpha value is -0.970. The second-order valence-corrected chi connectivity index (χ2v) is 5.39. The molecular formula is C15H24F2IN3O2S. The number of rotatable bonds is 9. The topological polar surface area (TPSA) is 54.9 Å². The van der Waals surface area contributed by atoms with Crippen molar-refractivity contribution in [3.63, 3.8) is 0 Å². The van der Waals surface area contributed by atoms with Crippen LogP contribution in [0.15, 0.2) is 23.2 Å². The number of benzene rings is 1. The van der Waals surface area contributed by atoms with Crippen LogP contribution in [0.2, 0.25) is 0 Å². The van der Waals surface area contributed by atoms with Crippen LogP contribution in [-0.4, -0.2) is 44.8 Å². The highest BCUT2D eigenvalue weighted by molar-refractivity contribution is 14.0. The summed E-state index contributed by atoms with van der Waals surface area (Å²) >= 11 is 1.72. The molecule has 0 fully saturated rings. The molecule has 0 aromatic heterocycles. The summed E-state index contributed by atoms with van der Waals surface area (Å²) in [5.41, 5.74) is 0.573. The first kappa shape index (κ1) is 23.0. The first-order chi connectivity index (χ1) is 11.1. The van der Waals surface area contributed by atoms with Crippen molar-refractivity contribution in [1.29, 1.82) is 0 Å². The van der Waals surface area contributed by atoms with E-state index in [9.17, 15) is 8.78 Å². The molecule has 24 heavy (non-hydrogen) atoms. The van der Waals surface area contributed by atoms with Crippen LogP contribution in [0.4, 0.5) is 8.78 Å². The summed E-state index contributed by atoms with van der Waals surface area (Å²) in [7, 11) is 1.65. The van der Waals surface area contributed by atoms with Crippen LogP contribution >= 0.6 is 35.7 Å². The van der Waals surface area contributed by atoms with Gasteiger partial charge in [-0.1, -0.05) is 12.1 Å². The largest absolute Gasteiger partial charge is 0.490 e. The number of thioether (sulfide) groups is 1. The third-order valence-electron chi connectivity index (χ3n) is 2.84. The number of guanidine groups is 1. The van der Waals surface area contributed by atoms with Crippen LogP contribution in [0, 0.1) is 0 Å². The highest BCUT2D eigenvalue weighted by atomic mass is 127. The van der Waals surface area contributed by atoms with E-state index < -0.39 is 6.61 Å². The maximum atomic E-state index is 12.7. The van der Waals surface area contributed by atoms with Gasteiger partial charge in [-0.25, -0.2) is 0 Å². The number of nitrogens with zero attached hydrogens (tertiary/aromatic N) is 1. The normalized spacial score (nSPS) is 11.0. The third-order valence-corrected chi connectivity index (χ3v) is 3.45. The first-order valence-electron chi connectivity index (χ1n) is 7.25. The molecule has 1 rings (SSSR count). The highest BCUT2D eigenvalue weighted by Gasteiger charge is 2.15. The molecule has 0 radical (unpaired) electrons. The number of hydrogen-bond donors (Lipinski definition) is 2. The summed E-state index contributed by atoms with van der Waals surface area (Å²) in [4.78, 5) is 4.09. The molecule has 0 unspecified atom stereocenters. The van der Waals surface area contributed by atoms with E-state index in [1.807, 2.05) is 6.26 Å². The zero-order chi connectivity index (χ0) is 17.1. The molecule has 0 amide bonds. The lowest BCUT2D eigenvalue weighted by molar-refractivity contribution is -0.0520. The van der Waals surface area contributed by atoms with Gasteiger partial charge in [0, 0.05) is 31.5 Å². The summed E-state index contributed by atoms with van der Waals surface area (Å²) in [5, 5.41) is 6.22. The third kappa shape index (κ3) is 8.22. The van der Waals surface area contributed by atoms with E-state index in [1.165, 1.54) is 0 Å². The summed E-state index contributed by atoms with van der Waals surface area (Å²) in [5.74, 6) is 1.90. The quantitative estimate of drug-likeness (QED) is 0.249. The van der Waals surface area contributed by atoms with Gasteiger partial charge in [0.15, 0.2) is 17.5 Å². The van der Waals surface area contributed by atoms with Crippen LogP contribution < -0.4 is 20.1 Å². The molecule has 0 aliphatic rings. The Morgan fingerprint density at radius 1 is 1.33 bits per heavy atom. The Morgan fingerprint density at radius 2 is 2.08 bits per heavy atom. The number of alkyl halides is 2. The zero-order valence-corrected chi connectivity index (χ0v) is 17.1. The van der Waals surface area contributed by atoms with E-state index in [1.54, 1.807) is 43.9 Å². The lowest BCUT2D eigenvalue weighted by Gasteiger charge is -2.17. The molecule has 5 nitrogen and oxygen atoms in total. The lowest BCUT2D eigenvalue weighted by atomic mass is 10.2. The minimum Gasteiger partial charge on any atom is -0.490 e. The van der Waals surface area contributed by atoms with Crippen LogP contribution in [0.3, 0.4) is 0 Å². The number of halogens is 3. The maximum absolute atomic E-state index is 12.7. The van der Waals surface area contributed by atoms with Crippen molar-refractivity contribution in [2.75, 3.05) is 32.2 Å². The number of nitrogens with one attached hydrogen (secondary N) is 2. The molecule has 0 aliphatic heterocycles. The molecule has 0 spiro atoms. The maximum Gasteiger partial charge on any atom is 0.387 e. The van der Waals surface area contributed by atoms with E-state index in [0.717, 1.165) is 12.3 Å². The summed E-state index contributed by atoms with van der Waals surface area (Å²) in [6.45, 7) is 0.305. The van der Waals surface area contributed by atoms with Crippen molar-refractivity contribution in [3.05, 3.63) is 23.8 Å². The monoisotopic (exact) mass is 475 g/mol. The van der Waals surface area contributed by atoms with Crippen LogP contribution in [0.25, 0.3) is 0 Å². The Morgan fingerprint density at radius 3 is 2.67 bits per heavy atom. The molecule has 0 saturated heterocycles. The number of aliphatic imine (C=N–C) groups is 1. The van der Waals surface area contributed by atoms with E-state index >= 15 is 0 Å². The lowest BCUT2D eigenvalue weighted by Crippen LogP contribution is -2.38. The fourth-order valence-electron chi connectivity index (χ4n) is 1.86. The van der Waals surface area contributed by atoms with Crippen molar-refractivity contribution in [2.45, 2.75) is 20.1 Å². The van der Waals surface area contributed by atoms with Gasteiger partial charge in [0.05, 0.1) is 6.61 Å². The van der Waals surface area contributed by atoms with E-state index in [2.05, 4.69) is 20.4 Å². The van der Waals surface area contributed by atoms with Crippen LogP contribution in [0.1, 0.15) is 12.5 Å². The van der Waals surface area contributed by atoms with Gasteiger partial charge in [-0.05, 0) is 19.2 Å². The number of para-hydroxylation sites is 1. The second kappa shape index (κ2) is 13.3. The SMILES string of the molecule is CCOc1cccc(CNC(=NC)NCCSC)c1OC(F)F.I. The minimum absolute atomic E-state index is 0. The van der Waals surface area contributed by atoms with Crippen LogP contribution in [0.5, 0.6) is 11.5 Å². The van der Waals surface area contributed by atoms with Crippen molar-refractivity contribution in [3.8, 4) is 11.5 Å². The predicted octanol–water partition coefficient (Wildman–Crippen LogP) is 3.33. The van der Waals surface area contributed by atoms with Gasteiger partial charge in [0.1, 0.15) is 0 Å². The van der Waals surface area contributed by atoms with Gasteiger partial charge in [-0.15, -0.1) is 24.0 Å².